The van der Waals surface area contributed by atoms with E-state index < -0.39 is 0 Å². The van der Waals surface area contributed by atoms with Crippen molar-refractivity contribution in [2.45, 2.75) is 33.7 Å². The zero-order valence-electron chi connectivity index (χ0n) is 12.5. The van der Waals surface area contributed by atoms with Crippen molar-refractivity contribution in [3.05, 3.63) is 64.7 Å². The lowest BCUT2D eigenvalue weighted by Gasteiger charge is -2.15. The first-order valence-corrected chi connectivity index (χ1v) is 6.96. The lowest BCUT2D eigenvalue weighted by atomic mass is 9.99. The number of hydrogen-bond acceptors (Lipinski definition) is 2. The Labute approximate surface area is 120 Å². The fourth-order valence-corrected chi connectivity index (χ4v) is 2.15. The summed E-state index contributed by atoms with van der Waals surface area (Å²) in [6, 6.07) is 13.9. The Balaban J connectivity index is 2.40. The molecule has 2 rings (SSSR count). The summed E-state index contributed by atoms with van der Waals surface area (Å²) in [4.78, 5) is 12.6. The number of nitrogens with one attached hydrogen (secondary N) is 1. The highest BCUT2D eigenvalue weighted by atomic mass is 16.1. The minimum Gasteiger partial charge on any atom is -0.382 e. The van der Waals surface area contributed by atoms with Gasteiger partial charge in [0.05, 0.1) is 0 Å². The van der Waals surface area contributed by atoms with E-state index in [1.54, 1.807) is 0 Å². The summed E-state index contributed by atoms with van der Waals surface area (Å²) in [5.41, 5.74) is 4.67. The molecule has 0 atom stereocenters. The van der Waals surface area contributed by atoms with Gasteiger partial charge in [-0.25, -0.2) is 0 Å². The average molecular weight is 267 g/mol. The molecule has 2 heteroatoms. The van der Waals surface area contributed by atoms with E-state index in [4.69, 9.17) is 0 Å². The Morgan fingerprint density at radius 3 is 2.15 bits per heavy atom. The number of rotatable bonds is 4. The molecule has 0 spiro atoms. The van der Waals surface area contributed by atoms with Crippen LogP contribution in [0.3, 0.4) is 0 Å². The summed E-state index contributed by atoms with van der Waals surface area (Å²) >= 11 is 0. The number of aryl methyl sites for hydroxylation is 2. The molecule has 2 nitrogen and oxygen atoms in total. The molecule has 2 aromatic rings. The molecule has 0 saturated carbocycles. The fourth-order valence-electron chi connectivity index (χ4n) is 2.15. The average Bonchev–Trinajstić information content (AvgIpc) is 2.38. The first-order valence-electron chi connectivity index (χ1n) is 6.96. The molecule has 0 fully saturated rings. The number of benzene rings is 2. The SMILES string of the molecule is Cc1ccc(C(=O)c2ccc(C)cc2NC(C)C)cc1. The van der Waals surface area contributed by atoms with Crippen molar-refractivity contribution >= 4 is 11.5 Å². The van der Waals surface area contributed by atoms with Crippen LogP contribution in [0, 0.1) is 13.8 Å². The fraction of sp³-hybridized carbons (Fsp3) is 0.278. The smallest absolute Gasteiger partial charge is 0.195 e. The lowest BCUT2D eigenvalue weighted by molar-refractivity contribution is 0.103. The van der Waals surface area contributed by atoms with E-state index in [1.165, 1.54) is 0 Å². The van der Waals surface area contributed by atoms with Crippen LogP contribution in [-0.2, 0) is 0 Å². The predicted octanol–water partition coefficient (Wildman–Crippen LogP) is 4.35. The molecular formula is C18H21NO. The van der Waals surface area contributed by atoms with Gasteiger partial charge in [-0.15, -0.1) is 0 Å². The number of ketones is 1. The molecule has 0 radical (unpaired) electrons. The minimum atomic E-state index is 0.0631. The summed E-state index contributed by atoms with van der Waals surface area (Å²) in [7, 11) is 0. The molecule has 0 aromatic heterocycles. The molecule has 1 N–H and O–H groups in total. The third-order valence-electron chi connectivity index (χ3n) is 3.18. The van der Waals surface area contributed by atoms with E-state index in [0.717, 1.165) is 27.9 Å². The molecule has 20 heavy (non-hydrogen) atoms. The van der Waals surface area contributed by atoms with E-state index in [-0.39, 0.29) is 5.78 Å². The van der Waals surface area contributed by atoms with Gasteiger partial charge in [0.15, 0.2) is 5.78 Å². The maximum atomic E-state index is 12.6. The molecular weight excluding hydrogens is 246 g/mol. The van der Waals surface area contributed by atoms with E-state index in [0.29, 0.717) is 6.04 Å². The normalized spacial score (nSPS) is 10.7. The highest BCUT2D eigenvalue weighted by molar-refractivity contribution is 6.12. The Bertz CT molecular complexity index is 612. The summed E-state index contributed by atoms with van der Waals surface area (Å²) in [5.74, 6) is 0.0631. The van der Waals surface area contributed by atoms with Crippen LogP contribution in [0.1, 0.15) is 40.9 Å². The zero-order chi connectivity index (χ0) is 14.7. The van der Waals surface area contributed by atoms with Gasteiger partial charge in [-0.05, 0) is 45.4 Å². The zero-order valence-corrected chi connectivity index (χ0v) is 12.5. The molecule has 0 aliphatic carbocycles. The van der Waals surface area contributed by atoms with Gasteiger partial charge < -0.3 is 5.32 Å². The molecule has 0 unspecified atom stereocenters. The van der Waals surface area contributed by atoms with Crippen molar-refractivity contribution in [3.63, 3.8) is 0 Å². The third kappa shape index (κ3) is 3.27. The second kappa shape index (κ2) is 5.91. The number of hydrogen-bond donors (Lipinski definition) is 1. The highest BCUT2D eigenvalue weighted by Gasteiger charge is 2.14. The van der Waals surface area contributed by atoms with Crippen LogP contribution < -0.4 is 5.32 Å². The van der Waals surface area contributed by atoms with Crippen LogP contribution in [0.2, 0.25) is 0 Å². The summed E-state index contributed by atoms with van der Waals surface area (Å²) < 4.78 is 0. The standard InChI is InChI=1S/C18H21NO/c1-12(2)19-17-11-14(4)7-10-16(17)18(20)15-8-5-13(3)6-9-15/h5-12,19H,1-4H3. The molecule has 104 valence electrons. The van der Waals surface area contributed by atoms with E-state index in [9.17, 15) is 4.79 Å². The van der Waals surface area contributed by atoms with E-state index >= 15 is 0 Å². The molecule has 0 bridgehead atoms. The Hall–Kier alpha value is -2.09. The molecule has 0 heterocycles. The van der Waals surface area contributed by atoms with Crippen molar-refractivity contribution in [1.29, 1.82) is 0 Å². The predicted molar refractivity (Wildman–Crippen MR) is 84.5 cm³/mol. The maximum Gasteiger partial charge on any atom is 0.195 e. The van der Waals surface area contributed by atoms with Gasteiger partial charge in [0.25, 0.3) is 0 Å². The van der Waals surface area contributed by atoms with Crippen molar-refractivity contribution in [1.82, 2.24) is 0 Å². The van der Waals surface area contributed by atoms with Gasteiger partial charge in [0.1, 0.15) is 0 Å². The largest absolute Gasteiger partial charge is 0.382 e. The van der Waals surface area contributed by atoms with Crippen LogP contribution in [0.5, 0.6) is 0 Å². The molecule has 0 amide bonds. The number of carbonyl (C=O) groups is 1. The van der Waals surface area contributed by atoms with E-state index in [1.807, 2.05) is 56.3 Å². The van der Waals surface area contributed by atoms with Crippen LogP contribution >= 0.6 is 0 Å². The maximum absolute atomic E-state index is 12.6. The van der Waals surface area contributed by atoms with Crippen molar-refractivity contribution in [3.8, 4) is 0 Å². The summed E-state index contributed by atoms with van der Waals surface area (Å²) in [6.07, 6.45) is 0. The van der Waals surface area contributed by atoms with Gasteiger partial charge in [0.2, 0.25) is 0 Å². The van der Waals surface area contributed by atoms with Crippen LogP contribution in [-0.4, -0.2) is 11.8 Å². The molecule has 0 aliphatic rings. The summed E-state index contributed by atoms with van der Waals surface area (Å²) in [6.45, 7) is 8.20. The minimum absolute atomic E-state index is 0.0631. The van der Waals surface area contributed by atoms with Crippen LogP contribution in [0.25, 0.3) is 0 Å². The Kier molecular flexibility index (Phi) is 4.23. The molecule has 2 aromatic carbocycles. The monoisotopic (exact) mass is 267 g/mol. The number of anilines is 1. The van der Waals surface area contributed by atoms with Gasteiger partial charge >= 0.3 is 0 Å². The molecule has 0 saturated heterocycles. The van der Waals surface area contributed by atoms with Crippen molar-refractivity contribution in [2.75, 3.05) is 5.32 Å². The first kappa shape index (κ1) is 14.3. The van der Waals surface area contributed by atoms with E-state index in [2.05, 4.69) is 19.2 Å². The third-order valence-corrected chi connectivity index (χ3v) is 3.18. The van der Waals surface area contributed by atoms with Gasteiger partial charge in [-0.1, -0.05) is 35.9 Å². The van der Waals surface area contributed by atoms with Gasteiger partial charge in [-0.3, -0.25) is 4.79 Å². The van der Waals surface area contributed by atoms with Crippen LogP contribution in [0.15, 0.2) is 42.5 Å². The summed E-state index contributed by atoms with van der Waals surface area (Å²) in [5, 5.41) is 3.36. The first-order chi connectivity index (χ1) is 9.47. The topological polar surface area (TPSA) is 29.1 Å². The Morgan fingerprint density at radius 1 is 0.950 bits per heavy atom. The molecule has 0 aliphatic heterocycles. The second-order valence-electron chi connectivity index (χ2n) is 5.54. The quantitative estimate of drug-likeness (QED) is 0.834. The second-order valence-corrected chi connectivity index (χ2v) is 5.54. The number of carbonyl (C=O) groups excluding carboxylic acids is 1. The van der Waals surface area contributed by atoms with Crippen molar-refractivity contribution < 1.29 is 4.79 Å². The van der Waals surface area contributed by atoms with Gasteiger partial charge in [-0.2, -0.15) is 0 Å². The van der Waals surface area contributed by atoms with Crippen LogP contribution in [0.4, 0.5) is 5.69 Å². The highest BCUT2D eigenvalue weighted by Crippen LogP contribution is 2.22. The van der Waals surface area contributed by atoms with Gasteiger partial charge in [0, 0.05) is 22.9 Å². The van der Waals surface area contributed by atoms with Crippen molar-refractivity contribution in [2.24, 2.45) is 0 Å². The Morgan fingerprint density at radius 2 is 1.55 bits per heavy atom. The lowest BCUT2D eigenvalue weighted by Crippen LogP contribution is -2.14.